The van der Waals surface area contributed by atoms with Crippen LogP contribution in [0.4, 0.5) is 0 Å². The van der Waals surface area contributed by atoms with Gasteiger partial charge >= 0.3 is 0 Å². The smallest absolute Gasteiger partial charge is 0.273 e. The summed E-state index contributed by atoms with van der Waals surface area (Å²) in [6.45, 7) is 19.4. The van der Waals surface area contributed by atoms with E-state index in [1.165, 1.54) is 6.92 Å². The molecule has 0 aliphatic carbocycles. The van der Waals surface area contributed by atoms with Gasteiger partial charge in [0.2, 0.25) is 17.7 Å². The Hall–Kier alpha value is -3.51. The van der Waals surface area contributed by atoms with Crippen LogP contribution in [0, 0.1) is 0 Å². The summed E-state index contributed by atoms with van der Waals surface area (Å²) in [6, 6.07) is 0. The van der Waals surface area contributed by atoms with Crippen molar-refractivity contribution in [1.82, 2.24) is 14.9 Å². The van der Waals surface area contributed by atoms with Crippen molar-refractivity contribution >= 4 is 29.5 Å². The molecule has 2 aliphatic rings. The molecule has 33 nitrogen and oxygen atoms in total. The summed E-state index contributed by atoms with van der Waals surface area (Å²) in [6.07, 6.45) is 1.10. The molecule has 33 heteroatoms. The number of hydrazine groups is 1. The van der Waals surface area contributed by atoms with E-state index in [0.717, 1.165) is 12.2 Å². The largest absolute Gasteiger partial charge is 0.394 e. The summed E-state index contributed by atoms with van der Waals surface area (Å²) in [7, 11) is 0. The number of likely N-dealkylation sites (tertiary alicyclic amines) is 1. The molecule has 2 aliphatic heterocycles. The number of aliphatic hydroxyl groups is 2. The number of hydrogen-bond acceptors (Lipinski definition) is 30. The van der Waals surface area contributed by atoms with Gasteiger partial charge < -0.3 is 119 Å². The van der Waals surface area contributed by atoms with Gasteiger partial charge in [0.15, 0.2) is 0 Å². The number of carbonyl (C=O) groups excluding carboxylic acids is 5. The molecule has 1 atom stereocenters. The molecule has 1 unspecified atom stereocenters. The molecule has 2 N–H and O–H groups in total. The molecular formula is C59H107N3O30. The SMILES string of the molecule is CCC(=O)N(N1C(=O)C=CC1=O)C(O)(COCCOCCOCCOCCOCCOCCOCCOCCOCCOCCOCCOCCOCCOCCOCCOCCOCCOCCOCCOCCOCCOCCOCCO)N1C(=O)CCC1=O. The molecule has 1 fully saturated rings. The van der Waals surface area contributed by atoms with Crippen LogP contribution in [0.2, 0.25) is 0 Å². The molecule has 0 aromatic heterocycles. The Morgan fingerprint density at radius 2 is 0.511 bits per heavy atom. The standard InChI is InChI=1S/C59H107N3O30/c1-2-54(64)62(61-57(67)5-6-58(61)68)59(69,60-55(65)3-4-56(60)66)53-92-52-51-91-50-49-90-48-47-89-46-45-88-44-43-87-42-41-86-40-39-85-38-37-84-36-35-83-34-33-82-32-31-81-30-29-80-28-27-79-26-25-78-24-23-77-22-21-76-20-19-75-18-17-74-16-15-73-14-13-72-12-11-71-10-9-70-8-7-63/h5-6,63,69H,2-4,7-53H2,1H3. The zero-order valence-corrected chi connectivity index (χ0v) is 54.2. The first kappa shape index (κ1) is 84.6. The average molecular weight is 1340 g/mol. The van der Waals surface area contributed by atoms with Crippen molar-refractivity contribution in [3.8, 4) is 0 Å². The number of rotatable bonds is 74. The number of aliphatic hydroxyl groups excluding tert-OH is 1. The third-order valence-corrected chi connectivity index (χ3v) is 12.0. The summed E-state index contributed by atoms with van der Waals surface area (Å²) in [5.41, 5.74) is 0. The normalized spacial score (nSPS) is 14.1. The van der Waals surface area contributed by atoms with Gasteiger partial charge in [0.25, 0.3) is 17.7 Å². The van der Waals surface area contributed by atoms with Gasteiger partial charge in [0.05, 0.1) is 304 Å². The Bertz CT molecular complexity index is 1750. The fraction of sp³-hybridized carbons (Fsp3) is 0.881. The van der Waals surface area contributed by atoms with Gasteiger partial charge in [-0.3, -0.25) is 24.0 Å². The highest BCUT2D eigenvalue weighted by atomic mass is 16.6. The molecule has 0 bridgehead atoms. The van der Waals surface area contributed by atoms with Crippen molar-refractivity contribution in [3.05, 3.63) is 12.2 Å². The summed E-state index contributed by atoms with van der Waals surface area (Å²) in [5.74, 6) is -7.11. The Labute approximate surface area is 540 Å². The second-order valence-corrected chi connectivity index (χ2v) is 19.0. The minimum atomic E-state index is -2.78. The quantitative estimate of drug-likeness (QED) is 0.0387. The van der Waals surface area contributed by atoms with Crippen molar-refractivity contribution in [1.29, 1.82) is 0 Å². The van der Waals surface area contributed by atoms with Crippen molar-refractivity contribution in [2.24, 2.45) is 0 Å². The van der Waals surface area contributed by atoms with Crippen molar-refractivity contribution in [3.63, 3.8) is 0 Å². The van der Waals surface area contributed by atoms with Gasteiger partial charge in [-0.05, 0) is 0 Å². The highest BCUT2D eigenvalue weighted by Gasteiger charge is 2.55. The second-order valence-electron chi connectivity index (χ2n) is 19.0. The maximum atomic E-state index is 13.0. The van der Waals surface area contributed by atoms with Crippen LogP contribution < -0.4 is 0 Å². The second kappa shape index (κ2) is 63.5. The van der Waals surface area contributed by atoms with Gasteiger partial charge in [-0.2, -0.15) is 10.0 Å². The van der Waals surface area contributed by atoms with Crippen molar-refractivity contribution in [2.45, 2.75) is 32.0 Å². The molecule has 2 heterocycles. The molecule has 2 rings (SSSR count). The molecule has 0 aromatic carbocycles. The average Bonchev–Trinajstić information content (AvgIpc) is 1.47. The molecule has 538 valence electrons. The van der Waals surface area contributed by atoms with Gasteiger partial charge in [-0.25, -0.2) is 4.90 Å². The lowest BCUT2D eigenvalue weighted by atomic mass is 10.3. The molecule has 0 aromatic rings. The van der Waals surface area contributed by atoms with E-state index in [1.54, 1.807) is 0 Å². The lowest BCUT2D eigenvalue weighted by molar-refractivity contribution is -0.269. The van der Waals surface area contributed by atoms with E-state index in [0.29, 0.717) is 286 Å². The van der Waals surface area contributed by atoms with Gasteiger partial charge in [-0.15, -0.1) is 0 Å². The minimum absolute atomic E-state index is 0.0124. The van der Waals surface area contributed by atoms with E-state index in [2.05, 4.69) is 0 Å². The number of nitrogens with zero attached hydrogens (tertiary/aromatic N) is 3. The van der Waals surface area contributed by atoms with Crippen LogP contribution >= 0.6 is 0 Å². The van der Waals surface area contributed by atoms with Gasteiger partial charge in [-0.1, -0.05) is 6.92 Å². The van der Waals surface area contributed by atoms with E-state index in [9.17, 15) is 29.1 Å². The molecule has 92 heavy (non-hydrogen) atoms. The highest BCUT2D eigenvalue weighted by Crippen LogP contribution is 2.30. The zero-order valence-electron chi connectivity index (χ0n) is 54.2. The third kappa shape index (κ3) is 46.6. The maximum Gasteiger partial charge on any atom is 0.273 e. The predicted molar refractivity (Wildman–Crippen MR) is 320 cm³/mol. The van der Waals surface area contributed by atoms with Crippen LogP contribution in [-0.4, -0.2) is 371 Å². The summed E-state index contributed by atoms with van der Waals surface area (Å²) in [4.78, 5) is 63.6. The fourth-order valence-electron chi connectivity index (χ4n) is 7.52. The summed E-state index contributed by atoms with van der Waals surface area (Å²) < 4.78 is 126. The number of imide groups is 2. The summed E-state index contributed by atoms with van der Waals surface area (Å²) in [5, 5.41) is 21.1. The van der Waals surface area contributed by atoms with Crippen LogP contribution in [-0.2, 0) is 133 Å². The number of hydrogen-bond donors (Lipinski definition) is 2. The Kier molecular flexibility index (Phi) is 58.4. The van der Waals surface area contributed by atoms with Crippen LogP contribution in [0.15, 0.2) is 12.2 Å². The van der Waals surface area contributed by atoms with E-state index in [-0.39, 0.29) is 52.3 Å². The van der Waals surface area contributed by atoms with E-state index < -0.39 is 42.0 Å². The number of amides is 5. The molecule has 0 radical (unpaired) electrons. The minimum Gasteiger partial charge on any atom is -0.394 e. The third-order valence-electron chi connectivity index (χ3n) is 12.0. The first-order chi connectivity index (χ1) is 45.3. The van der Waals surface area contributed by atoms with Crippen molar-refractivity contribution in [2.75, 3.05) is 311 Å². The van der Waals surface area contributed by atoms with Gasteiger partial charge in [0.1, 0.15) is 6.61 Å². The molecule has 0 saturated carbocycles. The predicted octanol–water partition coefficient (Wildman–Crippen LogP) is -1.77. The number of carbonyl (C=O) groups is 5. The van der Waals surface area contributed by atoms with E-state index >= 15 is 0 Å². The Balaban J connectivity index is 1.17. The summed E-state index contributed by atoms with van der Waals surface area (Å²) >= 11 is 0. The maximum absolute atomic E-state index is 13.0. The first-order valence-electron chi connectivity index (χ1n) is 31.6. The lowest BCUT2D eigenvalue weighted by Gasteiger charge is -2.45. The lowest BCUT2D eigenvalue weighted by Crippen LogP contribution is -2.71. The molecule has 1 saturated heterocycles. The van der Waals surface area contributed by atoms with Crippen LogP contribution in [0.25, 0.3) is 0 Å². The fourth-order valence-corrected chi connectivity index (χ4v) is 7.52. The Morgan fingerprint density at radius 3 is 0.685 bits per heavy atom. The monoisotopic (exact) mass is 1340 g/mol. The topological polar surface area (TPSA) is 348 Å². The van der Waals surface area contributed by atoms with E-state index in [4.69, 9.17) is 114 Å². The molecular weight excluding hydrogens is 1230 g/mol. The molecule has 5 amide bonds. The highest BCUT2D eigenvalue weighted by molar-refractivity contribution is 6.13. The first-order valence-corrected chi connectivity index (χ1v) is 31.6. The zero-order chi connectivity index (χ0) is 66.2. The Morgan fingerprint density at radius 1 is 0.337 bits per heavy atom. The van der Waals surface area contributed by atoms with E-state index in [1.807, 2.05) is 0 Å². The van der Waals surface area contributed by atoms with Crippen LogP contribution in [0.5, 0.6) is 0 Å². The van der Waals surface area contributed by atoms with Crippen LogP contribution in [0.1, 0.15) is 26.2 Å². The number of ether oxygens (including phenoxy) is 23. The van der Waals surface area contributed by atoms with Gasteiger partial charge in [0, 0.05) is 31.4 Å². The van der Waals surface area contributed by atoms with Crippen molar-refractivity contribution < 1.29 is 143 Å². The molecule has 0 spiro atoms. The van der Waals surface area contributed by atoms with Crippen LogP contribution in [0.3, 0.4) is 0 Å².